The van der Waals surface area contributed by atoms with E-state index in [2.05, 4.69) is 14.7 Å². The van der Waals surface area contributed by atoms with Crippen molar-refractivity contribution in [3.8, 4) is 27.7 Å². The van der Waals surface area contributed by atoms with Crippen LogP contribution in [-0.4, -0.2) is 23.0 Å². The Hall–Kier alpha value is -2.87. The summed E-state index contributed by atoms with van der Waals surface area (Å²) in [6.45, 7) is 0. The maximum Gasteiger partial charge on any atom is 0.248 e. The van der Waals surface area contributed by atoms with E-state index in [-0.39, 0.29) is 5.56 Å². The molecule has 3 rings (SSSR count). The predicted octanol–water partition coefficient (Wildman–Crippen LogP) is 3.26. The lowest BCUT2D eigenvalue weighted by atomic mass is 10.1. The quantitative estimate of drug-likeness (QED) is 0.786. The van der Waals surface area contributed by atoms with Crippen molar-refractivity contribution in [3.63, 3.8) is 0 Å². The van der Waals surface area contributed by atoms with Crippen molar-refractivity contribution >= 4 is 17.2 Å². The lowest BCUT2D eigenvalue weighted by Gasteiger charge is -2.05. The summed E-state index contributed by atoms with van der Waals surface area (Å²) in [6.07, 6.45) is 1.45. The first-order valence-electron chi connectivity index (χ1n) is 6.74. The van der Waals surface area contributed by atoms with Gasteiger partial charge in [-0.2, -0.15) is 0 Å². The number of nitrogens with two attached hydrogens (primary N) is 1. The number of carbonyl (C=O) groups is 1. The van der Waals surface area contributed by atoms with Gasteiger partial charge in [-0.1, -0.05) is 0 Å². The fourth-order valence-electron chi connectivity index (χ4n) is 2.13. The molecule has 2 heterocycles. The first kappa shape index (κ1) is 16.0. The minimum Gasteiger partial charge on any atom is -0.491 e. The molecule has 2 aromatic heterocycles. The van der Waals surface area contributed by atoms with Crippen molar-refractivity contribution in [1.29, 1.82) is 0 Å². The normalized spacial score (nSPS) is 10.6. The number of aromatic nitrogens is 2. The Labute approximate surface area is 139 Å². The average Bonchev–Trinajstić information content (AvgIpc) is 3.04. The second kappa shape index (κ2) is 6.32. The van der Waals surface area contributed by atoms with Crippen LogP contribution in [0.2, 0.25) is 0 Å². The lowest BCUT2D eigenvalue weighted by molar-refractivity contribution is 0.1000. The van der Waals surface area contributed by atoms with Crippen LogP contribution in [-0.2, 0) is 0 Å². The average molecular weight is 347 g/mol. The van der Waals surface area contributed by atoms with Crippen molar-refractivity contribution in [2.75, 3.05) is 7.11 Å². The SMILES string of the molecule is COc1c(F)cc(-c2csc(-c3cc(C(N)=O)ccn3)n2)cc1F. The van der Waals surface area contributed by atoms with Gasteiger partial charge in [0.05, 0.1) is 18.5 Å². The summed E-state index contributed by atoms with van der Waals surface area (Å²) >= 11 is 1.24. The molecule has 1 amide bonds. The van der Waals surface area contributed by atoms with Crippen LogP contribution in [0.1, 0.15) is 10.4 Å². The molecule has 8 heteroatoms. The number of benzene rings is 1. The monoisotopic (exact) mass is 347 g/mol. The predicted molar refractivity (Wildman–Crippen MR) is 85.8 cm³/mol. The van der Waals surface area contributed by atoms with Crippen LogP contribution >= 0.6 is 11.3 Å². The third kappa shape index (κ3) is 2.95. The number of rotatable bonds is 4. The molecule has 1 aromatic carbocycles. The number of pyridine rings is 1. The topological polar surface area (TPSA) is 78.1 Å². The minimum atomic E-state index is -0.809. The van der Waals surface area contributed by atoms with E-state index >= 15 is 0 Å². The molecule has 0 saturated heterocycles. The first-order chi connectivity index (χ1) is 11.5. The molecule has 0 fully saturated rings. The molecule has 0 atom stereocenters. The molecule has 122 valence electrons. The molecule has 0 aliphatic carbocycles. The van der Waals surface area contributed by atoms with Crippen LogP contribution in [0.15, 0.2) is 35.8 Å². The van der Waals surface area contributed by atoms with Gasteiger partial charge in [-0.25, -0.2) is 13.8 Å². The highest BCUT2D eigenvalue weighted by Gasteiger charge is 2.15. The number of primary amides is 1. The van der Waals surface area contributed by atoms with Gasteiger partial charge in [0.15, 0.2) is 17.4 Å². The van der Waals surface area contributed by atoms with Gasteiger partial charge in [0.2, 0.25) is 5.91 Å². The lowest BCUT2D eigenvalue weighted by Crippen LogP contribution is -2.10. The highest BCUT2D eigenvalue weighted by atomic mass is 32.1. The number of thiazole rings is 1. The smallest absolute Gasteiger partial charge is 0.248 e. The van der Waals surface area contributed by atoms with Crippen molar-refractivity contribution in [2.45, 2.75) is 0 Å². The number of amides is 1. The van der Waals surface area contributed by atoms with E-state index in [1.807, 2.05) is 0 Å². The van der Waals surface area contributed by atoms with Crippen LogP contribution in [0.4, 0.5) is 8.78 Å². The zero-order valence-electron chi connectivity index (χ0n) is 12.4. The van der Waals surface area contributed by atoms with Gasteiger partial charge in [0.1, 0.15) is 5.01 Å². The zero-order valence-corrected chi connectivity index (χ0v) is 13.2. The van der Waals surface area contributed by atoms with Gasteiger partial charge < -0.3 is 10.5 Å². The Morgan fingerprint density at radius 1 is 1.21 bits per heavy atom. The molecule has 0 spiro atoms. The van der Waals surface area contributed by atoms with Crippen molar-refractivity contribution < 1.29 is 18.3 Å². The number of methoxy groups -OCH3 is 1. The molecule has 0 unspecified atom stereocenters. The highest BCUT2D eigenvalue weighted by molar-refractivity contribution is 7.13. The maximum absolute atomic E-state index is 13.8. The molecule has 0 aliphatic heterocycles. The number of hydrogen-bond donors (Lipinski definition) is 1. The standard InChI is InChI=1S/C16H11F2N3O2S/c1-23-14-10(17)4-9(5-11(14)18)13-7-24-16(21-13)12-6-8(15(19)22)2-3-20-12/h2-7H,1H3,(H2,19,22). The summed E-state index contributed by atoms with van der Waals surface area (Å²) < 4.78 is 32.3. The fourth-order valence-corrected chi connectivity index (χ4v) is 2.92. The van der Waals surface area contributed by atoms with E-state index in [1.54, 1.807) is 5.38 Å². The number of hydrogen-bond acceptors (Lipinski definition) is 5. The molecule has 0 bridgehead atoms. The number of nitrogens with zero attached hydrogens (tertiary/aromatic N) is 2. The summed E-state index contributed by atoms with van der Waals surface area (Å²) in [6, 6.07) is 5.30. The summed E-state index contributed by atoms with van der Waals surface area (Å²) in [5.41, 5.74) is 6.67. The molecule has 5 nitrogen and oxygen atoms in total. The van der Waals surface area contributed by atoms with Crippen molar-refractivity contribution in [1.82, 2.24) is 9.97 Å². The highest BCUT2D eigenvalue weighted by Crippen LogP contribution is 2.32. The van der Waals surface area contributed by atoms with E-state index < -0.39 is 23.3 Å². The second-order valence-electron chi connectivity index (χ2n) is 4.81. The zero-order chi connectivity index (χ0) is 17.3. The van der Waals surface area contributed by atoms with Crippen LogP contribution in [0.3, 0.4) is 0 Å². The number of carbonyl (C=O) groups excluding carboxylic acids is 1. The van der Waals surface area contributed by atoms with Gasteiger partial charge in [-0.3, -0.25) is 9.78 Å². The Bertz CT molecular complexity index is 904. The summed E-state index contributed by atoms with van der Waals surface area (Å²) in [7, 11) is 1.19. The van der Waals surface area contributed by atoms with Crippen molar-refractivity contribution in [3.05, 3.63) is 53.0 Å². The third-order valence-corrected chi connectivity index (χ3v) is 4.13. The minimum absolute atomic E-state index is 0.277. The van der Waals surface area contributed by atoms with E-state index in [9.17, 15) is 13.6 Å². The molecule has 0 aliphatic rings. The largest absolute Gasteiger partial charge is 0.491 e. The van der Waals surface area contributed by atoms with E-state index in [4.69, 9.17) is 5.73 Å². The van der Waals surface area contributed by atoms with E-state index in [0.29, 0.717) is 22.0 Å². The molecule has 0 saturated carbocycles. The Morgan fingerprint density at radius 3 is 2.54 bits per heavy atom. The number of ether oxygens (including phenoxy) is 1. The van der Waals surface area contributed by atoms with Gasteiger partial charge in [0.25, 0.3) is 0 Å². The maximum atomic E-state index is 13.8. The molecular formula is C16H11F2N3O2S. The Balaban J connectivity index is 2.00. The summed E-state index contributed by atoms with van der Waals surface area (Å²) in [4.78, 5) is 19.7. The molecule has 3 aromatic rings. The summed E-state index contributed by atoms with van der Waals surface area (Å²) in [5.74, 6) is -2.63. The number of halogens is 2. The first-order valence-corrected chi connectivity index (χ1v) is 7.62. The van der Waals surface area contributed by atoms with Crippen LogP contribution < -0.4 is 10.5 Å². The Morgan fingerprint density at radius 2 is 1.92 bits per heavy atom. The van der Waals surface area contributed by atoms with Gasteiger partial charge in [-0.15, -0.1) is 11.3 Å². The third-order valence-electron chi connectivity index (χ3n) is 3.27. The van der Waals surface area contributed by atoms with E-state index in [0.717, 1.165) is 12.1 Å². The van der Waals surface area contributed by atoms with Crippen LogP contribution in [0.25, 0.3) is 22.0 Å². The molecule has 24 heavy (non-hydrogen) atoms. The van der Waals surface area contributed by atoms with E-state index in [1.165, 1.54) is 36.8 Å². The van der Waals surface area contributed by atoms with Crippen molar-refractivity contribution in [2.24, 2.45) is 5.73 Å². The molecule has 2 N–H and O–H groups in total. The van der Waals surface area contributed by atoms with Gasteiger partial charge in [0, 0.05) is 22.7 Å². The molecule has 0 radical (unpaired) electrons. The second-order valence-corrected chi connectivity index (χ2v) is 5.66. The molecular weight excluding hydrogens is 336 g/mol. The fraction of sp³-hybridized carbons (Fsp3) is 0.0625. The van der Waals surface area contributed by atoms with Gasteiger partial charge in [-0.05, 0) is 24.3 Å². The van der Waals surface area contributed by atoms with Crippen LogP contribution in [0.5, 0.6) is 5.75 Å². The van der Waals surface area contributed by atoms with Gasteiger partial charge >= 0.3 is 0 Å². The van der Waals surface area contributed by atoms with Crippen LogP contribution in [0, 0.1) is 11.6 Å². The Kier molecular flexibility index (Phi) is 4.22. The summed E-state index contributed by atoms with van der Waals surface area (Å²) in [5, 5.41) is 2.15.